The maximum atomic E-state index is 12.1. The lowest BCUT2D eigenvalue weighted by molar-refractivity contribution is 0.0756. The fourth-order valence-corrected chi connectivity index (χ4v) is 3.79. The van der Waals surface area contributed by atoms with Gasteiger partial charge in [0, 0.05) is 18.2 Å². The van der Waals surface area contributed by atoms with Crippen LogP contribution >= 0.6 is 0 Å². The minimum Gasteiger partial charge on any atom is -0.497 e. The van der Waals surface area contributed by atoms with Gasteiger partial charge in [-0.15, -0.1) is 0 Å². The molecule has 1 N–H and O–H groups in total. The summed E-state index contributed by atoms with van der Waals surface area (Å²) in [6, 6.07) is 5.43. The molecular formula is C18H23N3O4S. The van der Waals surface area contributed by atoms with Crippen molar-refractivity contribution in [2.75, 3.05) is 18.7 Å². The van der Waals surface area contributed by atoms with Crippen molar-refractivity contribution in [1.82, 2.24) is 9.97 Å². The number of methoxy groups -OCH3 is 1. The van der Waals surface area contributed by atoms with Gasteiger partial charge in [-0.3, -0.25) is 0 Å². The van der Waals surface area contributed by atoms with Crippen LogP contribution in [0.2, 0.25) is 0 Å². The first kappa shape index (κ1) is 18.4. The molecule has 1 aromatic carbocycles. The van der Waals surface area contributed by atoms with Gasteiger partial charge in [0.2, 0.25) is 0 Å². The molecule has 0 saturated carbocycles. The number of rotatable bonds is 4. The summed E-state index contributed by atoms with van der Waals surface area (Å²) in [4.78, 5) is 8.43. The van der Waals surface area contributed by atoms with Crippen LogP contribution in [0.3, 0.4) is 0 Å². The third-order valence-corrected chi connectivity index (χ3v) is 5.36. The van der Waals surface area contributed by atoms with Crippen LogP contribution in [0.5, 0.6) is 11.5 Å². The lowest BCUT2D eigenvalue weighted by atomic mass is 9.89. The molecule has 0 bridgehead atoms. The highest BCUT2D eigenvalue weighted by molar-refractivity contribution is 7.90. The summed E-state index contributed by atoms with van der Waals surface area (Å²) in [7, 11) is -1.86. The topological polar surface area (TPSA) is 90.4 Å². The number of anilines is 1. The van der Waals surface area contributed by atoms with Crippen molar-refractivity contribution in [3.8, 4) is 11.5 Å². The molecule has 0 radical (unpaired) electrons. The van der Waals surface area contributed by atoms with Gasteiger partial charge in [-0.05, 0) is 39.0 Å². The van der Waals surface area contributed by atoms with Crippen LogP contribution in [0.4, 0.5) is 5.82 Å². The Morgan fingerprint density at radius 2 is 2.08 bits per heavy atom. The molecule has 0 fully saturated rings. The summed E-state index contributed by atoms with van der Waals surface area (Å²) in [6.07, 6.45) is 3.13. The Balaban J connectivity index is 2.07. The second-order valence-electron chi connectivity index (χ2n) is 7.07. The van der Waals surface area contributed by atoms with Crippen molar-refractivity contribution in [3.05, 3.63) is 35.8 Å². The van der Waals surface area contributed by atoms with Gasteiger partial charge in [-0.1, -0.05) is 0 Å². The predicted molar refractivity (Wildman–Crippen MR) is 98.6 cm³/mol. The monoisotopic (exact) mass is 377 g/mol. The lowest BCUT2D eigenvalue weighted by Gasteiger charge is -2.38. The summed E-state index contributed by atoms with van der Waals surface area (Å²) in [5.41, 5.74) is 0.492. The predicted octanol–water partition coefficient (Wildman–Crippen LogP) is 2.91. The molecule has 140 valence electrons. The van der Waals surface area contributed by atoms with Crippen LogP contribution in [0.25, 0.3) is 0 Å². The van der Waals surface area contributed by atoms with E-state index in [-0.39, 0.29) is 10.9 Å². The molecule has 3 rings (SSSR count). The van der Waals surface area contributed by atoms with E-state index < -0.39 is 15.4 Å². The molecule has 8 heteroatoms. The van der Waals surface area contributed by atoms with Crippen LogP contribution in [0.1, 0.15) is 37.7 Å². The highest BCUT2D eigenvalue weighted by atomic mass is 32.2. The largest absolute Gasteiger partial charge is 0.497 e. The van der Waals surface area contributed by atoms with Gasteiger partial charge in [0.15, 0.2) is 9.84 Å². The molecule has 1 aromatic heterocycles. The van der Waals surface area contributed by atoms with Gasteiger partial charge >= 0.3 is 0 Å². The van der Waals surface area contributed by atoms with E-state index in [9.17, 15) is 8.42 Å². The molecule has 0 spiro atoms. The first-order chi connectivity index (χ1) is 12.1. The number of nitrogens with one attached hydrogen (secondary N) is 1. The summed E-state index contributed by atoms with van der Waals surface area (Å²) < 4.78 is 35.6. The zero-order valence-electron chi connectivity index (χ0n) is 15.5. The van der Waals surface area contributed by atoms with Gasteiger partial charge in [0.1, 0.15) is 33.6 Å². The summed E-state index contributed by atoms with van der Waals surface area (Å²) in [6.45, 7) is 5.72. The van der Waals surface area contributed by atoms with Gasteiger partial charge in [-0.25, -0.2) is 18.4 Å². The smallest absolute Gasteiger partial charge is 0.180 e. The molecule has 0 saturated heterocycles. The first-order valence-electron chi connectivity index (χ1n) is 8.26. The quantitative estimate of drug-likeness (QED) is 0.876. The van der Waals surface area contributed by atoms with Gasteiger partial charge in [0.25, 0.3) is 0 Å². The Morgan fingerprint density at radius 1 is 1.35 bits per heavy atom. The third-order valence-electron chi connectivity index (χ3n) is 4.26. The van der Waals surface area contributed by atoms with E-state index in [4.69, 9.17) is 9.47 Å². The van der Waals surface area contributed by atoms with Gasteiger partial charge in [-0.2, -0.15) is 0 Å². The van der Waals surface area contributed by atoms with E-state index in [0.717, 1.165) is 17.6 Å². The van der Waals surface area contributed by atoms with E-state index in [2.05, 4.69) is 15.3 Å². The number of hydrogen-bond acceptors (Lipinski definition) is 7. The molecule has 26 heavy (non-hydrogen) atoms. The van der Waals surface area contributed by atoms with Crippen molar-refractivity contribution in [3.63, 3.8) is 0 Å². The molecule has 0 aliphatic carbocycles. The number of ether oxygens (including phenoxy) is 2. The van der Waals surface area contributed by atoms with Crippen LogP contribution in [0, 0.1) is 6.92 Å². The number of aromatic nitrogens is 2. The van der Waals surface area contributed by atoms with E-state index in [1.807, 2.05) is 32.0 Å². The van der Waals surface area contributed by atoms with Gasteiger partial charge < -0.3 is 14.8 Å². The Hall–Kier alpha value is -2.35. The van der Waals surface area contributed by atoms with Crippen molar-refractivity contribution >= 4 is 15.7 Å². The fraction of sp³-hybridized carbons (Fsp3) is 0.444. The van der Waals surface area contributed by atoms with E-state index >= 15 is 0 Å². The Morgan fingerprint density at radius 3 is 2.73 bits per heavy atom. The molecule has 2 aromatic rings. The van der Waals surface area contributed by atoms with Crippen molar-refractivity contribution in [2.45, 2.75) is 43.7 Å². The summed E-state index contributed by atoms with van der Waals surface area (Å²) in [5, 5.41) is 3.29. The molecule has 0 amide bonds. The SMILES string of the molecule is COc1ccc2c(c1)[C@H](Nc1nc(C)ncc1S(C)(=O)=O)CC(C)(C)O2. The Kier molecular flexibility index (Phi) is 4.56. The zero-order valence-corrected chi connectivity index (χ0v) is 16.3. The Labute approximate surface area is 153 Å². The Bertz CT molecular complexity index is 941. The molecule has 1 atom stereocenters. The summed E-state index contributed by atoms with van der Waals surface area (Å²) in [5.74, 6) is 2.25. The molecule has 7 nitrogen and oxygen atoms in total. The second-order valence-corrected chi connectivity index (χ2v) is 9.05. The molecule has 2 heterocycles. The maximum Gasteiger partial charge on any atom is 0.180 e. The average Bonchev–Trinajstić information content (AvgIpc) is 2.52. The number of hydrogen-bond donors (Lipinski definition) is 1. The second kappa shape index (κ2) is 6.42. The highest BCUT2D eigenvalue weighted by Crippen LogP contribution is 2.42. The number of fused-ring (bicyclic) bond motifs is 1. The number of benzene rings is 1. The van der Waals surface area contributed by atoms with E-state index in [1.54, 1.807) is 14.0 Å². The van der Waals surface area contributed by atoms with Crippen LogP contribution in [0.15, 0.2) is 29.3 Å². The minimum absolute atomic E-state index is 0.0804. The van der Waals surface area contributed by atoms with E-state index in [1.165, 1.54) is 6.20 Å². The van der Waals surface area contributed by atoms with Crippen LogP contribution < -0.4 is 14.8 Å². The van der Waals surface area contributed by atoms with Crippen LogP contribution in [-0.4, -0.2) is 37.4 Å². The molecule has 0 unspecified atom stereocenters. The minimum atomic E-state index is -3.46. The number of aryl methyl sites for hydroxylation is 1. The molecule has 1 aliphatic heterocycles. The number of sulfone groups is 1. The van der Waals surface area contributed by atoms with Crippen molar-refractivity contribution < 1.29 is 17.9 Å². The van der Waals surface area contributed by atoms with E-state index in [0.29, 0.717) is 23.8 Å². The highest BCUT2D eigenvalue weighted by Gasteiger charge is 2.35. The lowest BCUT2D eigenvalue weighted by Crippen LogP contribution is -2.37. The standard InChI is InChI=1S/C18H23N3O4S/c1-11-19-10-16(26(5,22)23)17(20-11)21-14-9-18(2,3)25-15-7-6-12(24-4)8-13(14)15/h6-8,10,14H,9H2,1-5H3,(H,19,20,21)/t14-/m1/s1. The fourth-order valence-electron chi connectivity index (χ4n) is 3.09. The van der Waals surface area contributed by atoms with Crippen molar-refractivity contribution in [2.24, 2.45) is 0 Å². The zero-order chi connectivity index (χ0) is 19.1. The van der Waals surface area contributed by atoms with Crippen molar-refractivity contribution in [1.29, 1.82) is 0 Å². The van der Waals surface area contributed by atoms with Gasteiger partial charge in [0.05, 0.1) is 19.3 Å². The number of nitrogens with zero attached hydrogens (tertiary/aromatic N) is 2. The normalized spacial score (nSPS) is 18.6. The van der Waals surface area contributed by atoms with Crippen LogP contribution in [-0.2, 0) is 9.84 Å². The molecular weight excluding hydrogens is 354 g/mol. The average molecular weight is 377 g/mol. The molecule has 1 aliphatic rings. The maximum absolute atomic E-state index is 12.1. The first-order valence-corrected chi connectivity index (χ1v) is 10.2. The third kappa shape index (κ3) is 3.75. The summed E-state index contributed by atoms with van der Waals surface area (Å²) >= 11 is 0.